The largest absolute Gasteiger partial charge is 0.461 e. The van der Waals surface area contributed by atoms with Crippen LogP contribution >= 0.6 is 0 Å². The van der Waals surface area contributed by atoms with Gasteiger partial charge in [-0.2, -0.15) is 0 Å². The molecular formula is C18H22N2O2. The first kappa shape index (κ1) is 16.2. The second-order valence-corrected chi connectivity index (χ2v) is 5.14. The SMILES string of the molecule is C=CC(O)Oc1ccc(-c2ncc(CCCCC)cn2)cc1. The van der Waals surface area contributed by atoms with Crippen molar-refractivity contribution in [2.45, 2.75) is 38.9 Å². The van der Waals surface area contributed by atoms with E-state index >= 15 is 0 Å². The van der Waals surface area contributed by atoms with Gasteiger partial charge < -0.3 is 9.84 Å². The molecule has 0 radical (unpaired) electrons. The lowest BCUT2D eigenvalue weighted by molar-refractivity contribution is 0.0251. The molecule has 0 saturated carbocycles. The molecule has 1 unspecified atom stereocenters. The van der Waals surface area contributed by atoms with E-state index in [1.165, 1.54) is 30.9 Å². The molecule has 1 aromatic heterocycles. The van der Waals surface area contributed by atoms with Crippen molar-refractivity contribution in [3.63, 3.8) is 0 Å². The second kappa shape index (κ2) is 8.29. The molecule has 0 amide bonds. The second-order valence-electron chi connectivity index (χ2n) is 5.14. The van der Waals surface area contributed by atoms with E-state index in [1.807, 2.05) is 24.5 Å². The van der Waals surface area contributed by atoms with Crippen LogP contribution in [0.5, 0.6) is 5.75 Å². The summed E-state index contributed by atoms with van der Waals surface area (Å²) in [4.78, 5) is 8.83. The van der Waals surface area contributed by atoms with Crippen LogP contribution in [-0.2, 0) is 6.42 Å². The monoisotopic (exact) mass is 298 g/mol. The number of aliphatic hydroxyl groups excluding tert-OH is 1. The number of hydrogen-bond donors (Lipinski definition) is 1. The van der Waals surface area contributed by atoms with Gasteiger partial charge in [-0.3, -0.25) is 0 Å². The average Bonchev–Trinajstić information content (AvgIpc) is 2.56. The highest BCUT2D eigenvalue weighted by Crippen LogP contribution is 2.20. The van der Waals surface area contributed by atoms with Crippen LogP contribution in [0.15, 0.2) is 49.3 Å². The summed E-state index contributed by atoms with van der Waals surface area (Å²) >= 11 is 0. The van der Waals surface area contributed by atoms with Crippen LogP contribution < -0.4 is 4.74 Å². The van der Waals surface area contributed by atoms with Crippen molar-refractivity contribution >= 4 is 0 Å². The third kappa shape index (κ3) is 4.67. The van der Waals surface area contributed by atoms with Gasteiger partial charge in [-0.15, -0.1) is 0 Å². The van der Waals surface area contributed by atoms with Gasteiger partial charge in [0.25, 0.3) is 0 Å². The zero-order chi connectivity index (χ0) is 15.8. The molecule has 0 fully saturated rings. The highest BCUT2D eigenvalue weighted by Gasteiger charge is 2.04. The highest BCUT2D eigenvalue weighted by atomic mass is 16.6. The van der Waals surface area contributed by atoms with E-state index in [1.54, 1.807) is 12.1 Å². The molecule has 0 aliphatic heterocycles. The number of benzene rings is 1. The van der Waals surface area contributed by atoms with Crippen molar-refractivity contribution in [2.75, 3.05) is 0 Å². The minimum absolute atomic E-state index is 0.576. The van der Waals surface area contributed by atoms with E-state index in [0.29, 0.717) is 11.6 Å². The molecule has 1 aromatic carbocycles. The molecule has 0 aliphatic carbocycles. The van der Waals surface area contributed by atoms with Gasteiger partial charge in [-0.25, -0.2) is 9.97 Å². The van der Waals surface area contributed by atoms with Gasteiger partial charge in [0.1, 0.15) is 5.75 Å². The van der Waals surface area contributed by atoms with Crippen LogP contribution in [0.1, 0.15) is 31.7 Å². The van der Waals surface area contributed by atoms with Crippen molar-refractivity contribution < 1.29 is 9.84 Å². The van der Waals surface area contributed by atoms with E-state index in [2.05, 4.69) is 23.5 Å². The van der Waals surface area contributed by atoms with Crippen LogP contribution in [0.2, 0.25) is 0 Å². The van der Waals surface area contributed by atoms with E-state index < -0.39 is 6.29 Å². The summed E-state index contributed by atoms with van der Waals surface area (Å²) in [7, 11) is 0. The lowest BCUT2D eigenvalue weighted by Crippen LogP contribution is -2.10. The van der Waals surface area contributed by atoms with Crippen molar-refractivity contribution in [3.8, 4) is 17.1 Å². The van der Waals surface area contributed by atoms with Gasteiger partial charge in [0, 0.05) is 18.0 Å². The fourth-order valence-electron chi connectivity index (χ4n) is 2.08. The van der Waals surface area contributed by atoms with E-state index in [-0.39, 0.29) is 0 Å². The van der Waals surface area contributed by atoms with Crippen molar-refractivity contribution in [2.24, 2.45) is 0 Å². The minimum atomic E-state index is -0.996. The zero-order valence-corrected chi connectivity index (χ0v) is 12.9. The number of aromatic nitrogens is 2. The average molecular weight is 298 g/mol. The Morgan fingerprint density at radius 3 is 2.45 bits per heavy atom. The van der Waals surface area contributed by atoms with Gasteiger partial charge in [0.2, 0.25) is 6.29 Å². The Bertz CT molecular complexity index is 579. The maximum Gasteiger partial charge on any atom is 0.216 e. The Labute approximate surface area is 131 Å². The fraction of sp³-hybridized carbons (Fsp3) is 0.333. The standard InChI is InChI=1S/C18H22N2O2/c1-3-5-6-7-14-12-19-18(20-13-14)15-8-10-16(11-9-15)22-17(21)4-2/h4,8-13,17,21H,2-3,5-7H2,1H3. The topological polar surface area (TPSA) is 55.2 Å². The molecular weight excluding hydrogens is 276 g/mol. The molecule has 0 spiro atoms. The van der Waals surface area contributed by atoms with Gasteiger partial charge in [-0.05, 0) is 48.7 Å². The molecule has 1 atom stereocenters. The Morgan fingerprint density at radius 1 is 1.18 bits per heavy atom. The predicted molar refractivity (Wildman–Crippen MR) is 87.5 cm³/mol. The number of nitrogens with zero attached hydrogens (tertiary/aromatic N) is 2. The van der Waals surface area contributed by atoms with Gasteiger partial charge in [0.15, 0.2) is 5.82 Å². The Morgan fingerprint density at radius 2 is 1.86 bits per heavy atom. The quantitative estimate of drug-likeness (QED) is 0.458. The summed E-state index contributed by atoms with van der Waals surface area (Å²) in [6.45, 7) is 5.66. The number of rotatable bonds is 8. The van der Waals surface area contributed by atoms with Crippen LogP contribution in [-0.4, -0.2) is 21.4 Å². The van der Waals surface area contributed by atoms with Crippen LogP contribution in [0.25, 0.3) is 11.4 Å². The molecule has 2 rings (SSSR count). The maximum atomic E-state index is 9.35. The van der Waals surface area contributed by atoms with Crippen molar-refractivity contribution in [1.29, 1.82) is 0 Å². The van der Waals surface area contributed by atoms with Crippen LogP contribution in [0, 0.1) is 0 Å². The van der Waals surface area contributed by atoms with Gasteiger partial charge in [0.05, 0.1) is 0 Å². The van der Waals surface area contributed by atoms with E-state index in [0.717, 1.165) is 12.0 Å². The summed E-state index contributed by atoms with van der Waals surface area (Å²) in [5.41, 5.74) is 2.09. The number of aliphatic hydroxyl groups is 1. The van der Waals surface area contributed by atoms with Gasteiger partial charge >= 0.3 is 0 Å². The normalized spacial score (nSPS) is 11.9. The smallest absolute Gasteiger partial charge is 0.216 e. The molecule has 1 N–H and O–H groups in total. The first-order valence-corrected chi connectivity index (χ1v) is 7.61. The molecule has 0 aliphatic rings. The summed E-state index contributed by atoms with van der Waals surface area (Å²) in [5, 5.41) is 9.35. The predicted octanol–water partition coefficient (Wildman–Crippen LogP) is 3.76. The number of ether oxygens (including phenoxy) is 1. The number of unbranched alkanes of at least 4 members (excludes halogenated alkanes) is 2. The molecule has 4 heteroatoms. The zero-order valence-electron chi connectivity index (χ0n) is 12.9. The molecule has 2 aromatic rings. The third-order valence-electron chi connectivity index (χ3n) is 3.35. The minimum Gasteiger partial charge on any atom is -0.461 e. The fourth-order valence-corrected chi connectivity index (χ4v) is 2.08. The third-order valence-corrected chi connectivity index (χ3v) is 3.35. The summed E-state index contributed by atoms with van der Waals surface area (Å²) < 4.78 is 5.23. The molecule has 0 saturated heterocycles. The molecule has 1 heterocycles. The lowest BCUT2D eigenvalue weighted by Gasteiger charge is -2.09. The Hall–Kier alpha value is -2.20. The van der Waals surface area contributed by atoms with Crippen molar-refractivity contribution in [1.82, 2.24) is 9.97 Å². The van der Waals surface area contributed by atoms with Crippen LogP contribution in [0.4, 0.5) is 0 Å². The van der Waals surface area contributed by atoms with E-state index in [9.17, 15) is 5.11 Å². The summed E-state index contributed by atoms with van der Waals surface area (Å²) in [6.07, 6.45) is 8.77. The highest BCUT2D eigenvalue weighted by molar-refractivity contribution is 5.55. The van der Waals surface area contributed by atoms with Gasteiger partial charge in [-0.1, -0.05) is 26.3 Å². The van der Waals surface area contributed by atoms with Crippen LogP contribution in [0.3, 0.4) is 0 Å². The lowest BCUT2D eigenvalue weighted by atomic mass is 10.1. The summed E-state index contributed by atoms with van der Waals surface area (Å²) in [6, 6.07) is 7.30. The Balaban J connectivity index is 2.00. The molecule has 22 heavy (non-hydrogen) atoms. The number of aryl methyl sites for hydroxylation is 1. The molecule has 4 nitrogen and oxygen atoms in total. The summed E-state index contributed by atoms with van der Waals surface area (Å²) in [5.74, 6) is 1.27. The molecule has 0 bridgehead atoms. The van der Waals surface area contributed by atoms with E-state index in [4.69, 9.17) is 4.74 Å². The first-order valence-electron chi connectivity index (χ1n) is 7.61. The first-order chi connectivity index (χ1) is 10.7. The Kier molecular flexibility index (Phi) is 6.10. The van der Waals surface area contributed by atoms with Crippen molar-refractivity contribution in [3.05, 3.63) is 54.9 Å². The number of hydrogen-bond acceptors (Lipinski definition) is 4. The maximum absolute atomic E-state index is 9.35. The molecule has 116 valence electrons.